The smallest absolute Gasteiger partial charge is 0.165 e. The predicted octanol–water partition coefficient (Wildman–Crippen LogP) is 3.83. The van der Waals surface area contributed by atoms with Crippen LogP contribution in [0.1, 0.15) is 36.9 Å². The standard InChI is InChI=1S/C18H22FNO3/c19-15-5-1-2-6-16(15)22-12-10-20-13-14-8-9-18(23-14)17-7-3-4-11-21-17/h1-2,5-6,8-9,17,20H,3-4,7,10-13H2/t17-/m0/s1. The number of hydrogen-bond donors (Lipinski definition) is 1. The molecule has 5 heteroatoms. The van der Waals surface area contributed by atoms with Gasteiger partial charge >= 0.3 is 0 Å². The Morgan fingerprint density at radius 2 is 2.09 bits per heavy atom. The monoisotopic (exact) mass is 319 g/mol. The third kappa shape index (κ3) is 4.56. The highest BCUT2D eigenvalue weighted by molar-refractivity contribution is 5.23. The van der Waals surface area contributed by atoms with Gasteiger partial charge in [-0.2, -0.15) is 0 Å². The summed E-state index contributed by atoms with van der Waals surface area (Å²) in [7, 11) is 0. The third-order valence-electron chi connectivity index (χ3n) is 3.85. The Bertz CT molecular complexity index is 608. The Hall–Kier alpha value is -1.85. The highest BCUT2D eigenvalue weighted by atomic mass is 19.1. The molecule has 4 nitrogen and oxygen atoms in total. The summed E-state index contributed by atoms with van der Waals surface area (Å²) in [4.78, 5) is 0. The molecule has 1 aliphatic rings. The van der Waals surface area contributed by atoms with Gasteiger partial charge in [0.1, 0.15) is 24.2 Å². The van der Waals surface area contributed by atoms with Crippen LogP contribution in [-0.2, 0) is 11.3 Å². The molecule has 3 rings (SSSR count). The van der Waals surface area contributed by atoms with Crippen LogP contribution in [0.2, 0.25) is 0 Å². The molecule has 1 fully saturated rings. The predicted molar refractivity (Wildman–Crippen MR) is 84.9 cm³/mol. The number of para-hydroxylation sites is 1. The molecule has 1 aromatic carbocycles. The van der Waals surface area contributed by atoms with Crippen LogP contribution in [0.3, 0.4) is 0 Å². The Morgan fingerprint density at radius 1 is 1.17 bits per heavy atom. The van der Waals surface area contributed by atoms with Crippen LogP contribution in [0.15, 0.2) is 40.8 Å². The summed E-state index contributed by atoms with van der Waals surface area (Å²) in [6, 6.07) is 10.4. The quantitative estimate of drug-likeness (QED) is 0.788. The molecule has 1 aliphatic heterocycles. The summed E-state index contributed by atoms with van der Waals surface area (Å²) in [5, 5.41) is 3.23. The van der Waals surface area contributed by atoms with E-state index in [1.165, 1.54) is 12.5 Å². The van der Waals surface area contributed by atoms with Crippen LogP contribution in [0.5, 0.6) is 5.75 Å². The number of benzene rings is 1. The fraction of sp³-hybridized carbons (Fsp3) is 0.444. The Balaban J connectivity index is 1.37. The van der Waals surface area contributed by atoms with Crippen molar-refractivity contribution < 1.29 is 18.3 Å². The van der Waals surface area contributed by atoms with Crippen molar-refractivity contribution in [2.75, 3.05) is 19.8 Å². The molecule has 0 amide bonds. The van der Waals surface area contributed by atoms with Crippen LogP contribution in [0.25, 0.3) is 0 Å². The van der Waals surface area contributed by atoms with Crippen LogP contribution in [0.4, 0.5) is 4.39 Å². The van der Waals surface area contributed by atoms with Crippen LogP contribution >= 0.6 is 0 Å². The van der Waals surface area contributed by atoms with E-state index < -0.39 is 0 Å². The summed E-state index contributed by atoms with van der Waals surface area (Å²) in [6.07, 6.45) is 3.44. The van der Waals surface area contributed by atoms with Crippen molar-refractivity contribution in [3.63, 3.8) is 0 Å². The highest BCUT2D eigenvalue weighted by Crippen LogP contribution is 2.28. The number of hydrogen-bond acceptors (Lipinski definition) is 4. The molecule has 1 aromatic heterocycles. The fourth-order valence-corrected chi connectivity index (χ4v) is 2.63. The first kappa shape index (κ1) is 16.0. The van der Waals surface area contributed by atoms with E-state index in [1.54, 1.807) is 18.2 Å². The van der Waals surface area contributed by atoms with Gasteiger partial charge in [-0.15, -0.1) is 0 Å². The van der Waals surface area contributed by atoms with E-state index in [0.717, 1.165) is 31.0 Å². The van der Waals surface area contributed by atoms with Crippen LogP contribution < -0.4 is 10.1 Å². The minimum Gasteiger partial charge on any atom is -0.489 e. The van der Waals surface area contributed by atoms with Crippen molar-refractivity contribution in [1.29, 1.82) is 0 Å². The van der Waals surface area contributed by atoms with Crippen LogP contribution in [0, 0.1) is 5.82 Å². The normalized spacial score (nSPS) is 18.0. The van der Waals surface area contributed by atoms with E-state index in [0.29, 0.717) is 19.7 Å². The number of rotatable bonds is 7. The summed E-state index contributed by atoms with van der Waals surface area (Å²) >= 11 is 0. The molecule has 1 N–H and O–H groups in total. The lowest BCUT2D eigenvalue weighted by atomic mass is 10.1. The van der Waals surface area contributed by atoms with Gasteiger partial charge in [0, 0.05) is 13.2 Å². The van der Waals surface area contributed by atoms with E-state index in [2.05, 4.69) is 5.32 Å². The summed E-state index contributed by atoms with van der Waals surface area (Å²) in [6.45, 7) is 2.45. The van der Waals surface area contributed by atoms with Crippen LogP contribution in [-0.4, -0.2) is 19.8 Å². The SMILES string of the molecule is Fc1ccccc1OCCNCc1ccc([C@@H]2CCCCO2)o1. The minimum atomic E-state index is -0.337. The lowest BCUT2D eigenvalue weighted by Crippen LogP contribution is -2.20. The van der Waals surface area contributed by atoms with Gasteiger partial charge in [0.15, 0.2) is 11.6 Å². The topological polar surface area (TPSA) is 43.6 Å². The van der Waals surface area contributed by atoms with Crippen molar-refractivity contribution >= 4 is 0 Å². The molecule has 0 bridgehead atoms. The number of nitrogens with one attached hydrogen (secondary N) is 1. The van der Waals surface area contributed by atoms with Gasteiger partial charge in [-0.05, 0) is 43.5 Å². The first-order chi connectivity index (χ1) is 11.3. The van der Waals surface area contributed by atoms with Crippen molar-refractivity contribution in [3.05, 3.63) is 53.7 Å². The first-order valence-corrected chi connectivity index (χ1v) is 8.11. The molecule has 0 spiro atoms. The Kier molecular flexibility index (Phi) is 5.66. The van der Waals surface area contributed by atoms with Gasteiger partial charge in [-0.25, -0.2) is 4.39 Å². The lowest BCUT2D eigenvalue weighted by Gasteiger charge is -2.20. The van der Waals surface area contributed by atoms with E-state index in [9.17, 15) is 4.39 Å². The van der Waals surface area contributed by atoms with Crippen molar-refractivity contribution in [1.82, 2.24) is 5.32 Å². The lowest BCUT2D eigenvalue weighted by molar-refractivity contribution is 0.00122. The zero-order valence-corrected chi connectivity index (χ0v) is 13.1. The van der Waals surface area contributed by atoms with Gasteiger partial charge in [0.2, 0.25) is 0 Å². The van der Waals surface area contributed by atoms with Gasteiger partial charge in [0.25, 0.3) is 0 Å². The molecule has 1 saturated heterocycles. The maximum absolute atomic E-state index is 13.4. The van der Waals surface area contributed by atoms with E-state index in [4.69, 9.17) is 13.9 Å². The Labute approximate surface area is 135 Å². The molecule has 0 aliphatic carbocycles. The second kappa shape index (κ2) is 8.13. The largest absolute Gasteiger partial charge is 0.489 e. The molecule has 2 aromatic rings. The molecule has 1 atom stereocenters. The first-order valence-electron chi connectivity index (χ1n) is 8.11. The molecule has 23 heavy (non-hydrogen) atoms. The minimum absolute atomic E-state index is 0.0990. The molecular formula is C18H22FNO3. The zero-order chi connectivity index (χ0) is 15.9. The third-order valence-corrected chi connectivity index (χ3v) is 3.85. The summed E-state index contributed by atoms with van der Waals surface area (Å²) in [5.74, 6) is 1.73. The van der Waals surface area contributed by atoms with E-state index in [-0.39, 0.29) is 17.7 Å². The average Bonchev–Trinajstić information content (AvgIpc) is 3.06. The summed E-state index contributed by atoms with van der Waals surface area (Å²) in [5.41, 5.74) is 0. The average molecular weight is 319 g/mol. The molecule has 2 heterocycles. The Morgan fingerprint density at radius 3 is 2.91 bits per heavy atom. The maximum atomic E-state index is 13.4. The van der Waals surface area contributed by atoms with E-state index in [1.807, 2.05) is 12.1 Å². The molecule has 0 saturated carbocycles. The molecule has 0 unspecified atom stereocenters. The molecule has 0 radical (unpaired) electrons. The van der Waals surface area contributed by atoms with Gasteiger partial charge < -0.3 is 19.2 Å². The summed E-state index contributed by atoms with van der Waals surface area (Å²) < 4.78 is 30.3. The second-order valence-electron chi connectivity index (χ2n) is 5.61. The van der Waals surface area contributed by atoms with Crippen molar-refractivity contribution in [2.45, 2.75) is 31.9 Å². The molecule has 124 valence electrons. The number of ether oxygens (including phenoxy) is 2. The molecular weight excluding hydrogens is 297 g/mol. The highest BCUT2D eigenvalue weighted by Gasteiger charge is 2.19. The van der Waals surface area contributed by atoms with Gasteiger partial charge in [0.05, 0.1) is 6.54 Å². The second-order valence-corrected chi connectivity index (χ2v) is 5.61. The number of halogens is 1. The van der Waals surface area contributed by atoms with Crippen molar-refractivity contribution in [2.24, 2.45) is 0 Å². The van der Waals surface area contributed by atoms with Crippen molar-refractivity contribution in [3.8, 4) is 5.75 Å². The maximum Gasteiger partial charge on any atom is 0.165 e. The van der Waals surface area contributed by atoms with E-state index >= 15 is 0 Å². The number of furan rings is 1. The zero-order valence-electron chi connectivity index (χ0n) is 13.1. The van der Waals surface area contributed by atoms with Gasteiger partial charge in [-0.3, -0.25) is 0 Å². The fourth-order valence-electron chi connectivity index (χ4n) is 2.63. The van der Waals surface area contributed by atoms with Gasteiger partial charge in [-0.1, -0.05) is 12.1 Å².